The van der Waals surface area contributed by atoms with Crippen molar-refractivity contribution in [2.75, 3.05) is 7.11 Å². The van der Waals surface area contributed by atoms with Crippen molar-refractivity contribution in [1.82, 2.24) is 5.06 Å². The largest absolute Gasteiger partial charge is 0.277 e. The molecule has 0 fully saturated rings. The summed E-state index contributed by atoms with van der Waals surface area (Å²) in [4.78, 5) is 5.10. The van der Waals surface area contributed by atoms with Crippen LogP contribution in [0.1, 0.15) is 27.7 Å². The molecule has 0 aliphatic rings. The normalized spacial score (nSPS) is 12.5. The van der Waals surface area contributed by atoms with Crippen LogP contribution in [0.15, 0.2) is 12.3 Å². The quantitative estimate of drug-likeness (QED) is 0.549. The minimum absolute atomic E-state index is 0.0429. The van der Waals surface area contributed by atoms with Gasteiger partial charge in [0.1, 0.15) is 0 Å². The van der Waals surface area contributed by atoms with E-state index in [1.54, 1.807) is 7.11 Å². The SMILES string of the molecule is CC=CN(OC)C(C)(C)C. The molecule has 0 aliphatic heterocycles. The third-order valence-corrected chi connectivity index (χ3v) is 1.14. The molecule has 0 amide bonds. The lowest BCUT2D eigenvalue weighted by Crippen LogP contribution is -2.36. The van der Waals surface area contributed by atoms with Crippen LogP contribution in [0.25, 0.3) is 0 Å². The molecule has 0 heterocycles. The van der Waals surface area contributed by atoms with Crippen molar-refractivity contribution in [1.29, 1.82) is 0 Å². The minimum atomic E-state index is 0.0429. The molecule has 0 aromatic rings. The molecule has 0 atom stereocenters. The summed E-state index contributed by atoms with van der Waals surface area (Å²) in [6, 6.07) is 0. The van der Waals surface area contributed by atoms with Gasteiger partial charge >= 0.3 is 0 Å². The van der Waals surface area contributed by atoms with Gasteiger partial charge in [-0.15, -0.1) is 0 Å². The predicted molar refractivity (Wildman–Crippen MR) is 43.4 cm³/mol. The highest BCUT2D eigenvalue weighted by Gasteiger charge is 2.16. The summed E-state index contributed by atoms with van der Waals surface area (Å²) < 4.78 is 0. The van der Waals surface area contributed by atoms with E-state index in [1.807, 2.05) is 24.3 Å². The molecule has 60 valence electrons. The van der Waals surface area contributed by atoms with Crippen molar-refractivity contribution in [3.05, 3.63) is 12.3 Å². The highest BCUT2D eigenvalue weighted by Crippen LogP contribution is 2.12. The molecule has 0 rings (SSSR count). The van der Waals surface area contributed by atoms with Gasteiger partial charge < -0.3 is 0 Å². The van der Waals surface area contributed by atoms with Gasteiger partial charge in [0, 0.05) is 6.20 Å². The second kappa shape index (κ2) is 3.62. The molecule has 0 aromatic carbocycles. The van der Waals surface area contributed by atoms with Crippen LogP contribution in [-0.2, 0) is 4.84 Å². The Morgan fingerprint density at radius 3 is 1.90 bits per heavy atom. The zero-order valence-electron chi connectivity index (χ0n) is 7.51. The van der Waals surface area contributed by atoms with Crippen molar-refractivity contribution in [3.63, 3.8) is 0 Å². The van der Waals surface area contributed by atoms with Gasteiger partial charge in [0.2, 0.25) is 0 Å². The van der Waals surface area contributed by atoms with Crippen LogP contribution in [0.5, 0.6) is 0 Å². The lowest BCUT2D eigenvalue weighted by molar-refractivity contribution is -0.146. The van der Waals surface area contributed by atoms with Crippen LogP contribution in [0, 0.1) is 0 Å². The standard InChI is InChI=1S/C8H17NO/c1-6-7-9(10-5)8(2,3)4/h6-7H,1-5H3. The minimum Gasteiger partial charge on any atom is -0.277 e. The van der Waals surface area contributed by atoms with E-state index in [-0.39, 0.29) is 5.54 Å². The maximum atomic E-state index is 5.10. The molecule has 0 bridgehead atoms. The van der Waals surface area contributed by atoms with E-state index in [9.17, 15) is 0 Å². The first-order valence-corrected chi connectivity index (χ1v) is 3.48. The molecular weight excluding hydrogens is 126 g/mol. The van der Waals surface area contributed by atoms with E-state index in [2.05, 4.69) is 20.8 Å². The summed E-state index contributed by atoms with van der Waals surface area (Å²) in [5.41, 5.74) is 0.0429. The van der Waals surface area contributed by atoms with Gasteiger partial charge in [-0.3, -0.25) is 9.90 Å². The molecule has 0 unspecified atom stereocenters. The van der Waals surface area contributed by atoms with Gasteiger partial charge in [0.25, 0.3) is 0 Å². The molecule has 2 heteroatoms. The fourth-order valence-electron chi connectivity index (χ4n) is 0.694. The zero-order valence-corrected chi connectivity index (χ0v) is 7.51. The lowest BCUT2D eigenvalue weighted by Gasteiger charge is -2.31. The van der Waals surface area contributed by atoms with Crippen LogP contribution >= 0.6 is 0 Å². The van der Waals surface area contributed by atoms with Crippen molar-refractivity contribution in [2.45, 2.75) is 33.2 Å². The Balaban J connectivity index is 4.07. The Morgan fingerprint density at radius 2 is 1.80 bits per heavy atom. The number of rotatable bonds is 2. The highest BCUT2D eigenvalue weighted by molar-refractivity contribution is 4.82. The second-order valence-electron chi connectivity index (χ2n) is 3.16. The van der Waals surface area contributed by atoms with Crippen molar-refractivity contribution >= 4 is 0 Å². The molecular formula is C8H17NO. The van der Waals surface area contributed by atoms with Crippen LogP contribution in [0.3, 0.4) is 0 Å². The van der Waals surface area contributed by atoms with Crippen LogP contribution in [0.2, 0.25) is 0 Å². The van der Waals surface area contributed by atoms with E-state index in [1.165, 1.54) is 0 Å². The third kappa shape index (κ3) is 2.87. The number of nitrogens with zero attached hydrogens (tertiary/aromatic N) is 1. The summed E-state index contributed by atoms with van der Waals surface area (Å²) >= 11 is 0. The predicted octanol–water partition coefficient (Wildman–Crippen LogP) is 2.18. The molecule has 0 aliphatic carbocycles. The Morgan fingerprint density at radius 1 is 1.30 bits per heavy atom. The van der Waals surface area contributed by atoms with Crippen molar-refractivity contribution in [3.8, 4) is 0 Å². The lowest BCUT2D eigenvalue weighted by atomic mass is 10.1. The summed E-state index contributed by atoms with van der Waals surface area (Å²) in [7, 11) is 1.67. The molecule has 0 aromatic heterocycles. The summed E-state index contributed by atoms with van der Waals surface area (Å²) in [5.74, 6) is 0. The monoisotopic (exact) mass is 143 g/mol. The highest BCUT2D eigenvalue weighted by atomic mass is 16.7. The molecule has 0 saturated heterocycles. The zero-order chi connectivity index (χ0) is 8.20. The molecule has 0 radical (unpaired) electrons. The summed E-state index contributed by atoms with van der Waals surface area (Å²) in [5, 5.41) is 1.81. The number of hydrogen-bond donors (Lipinski definition) is 0. The number of allylic oxidation sites excluding steroid dienone is 1. The maximum absolute atomic E-state index is 5.10. The fraction of sp³-hybridized carbons (Fsp3) is 0.750. The van der Waals surface area contributed by atoms with Crippen LogP contribution in [0.4, 0.5) is 0 Å². The Hall–Kier alpha value is -0.500. The first kappa shape index (κ1) is 9.50. The second-order valence-corrected chi connectivity index (χ2v) is 3.16. The average Bonchev–Trinajstić information content (AvgIpc) is 1.80. The summed E-state index contributed by atoms with van der Waals surface area (Å²) in [6.07, 6.45) is 3.87. The van der Waals surface area contributed by atoms with Crippen molar-refractivity contribution < 1.29 is 4.84 Å². The molecule has 10 heavy (non-hydrogen) atoms. The number of hydroxylamine groups is 2. The Labute approximate surface area is 63.4 Å². The van der Waals surface area contributed by atoms with Gasteiger partial charge in [0.15, 0.2) is 0 Å². The van der Waals surface area contributed by atoms with Gasteiger partial charge in [-0.2, -0.15) is 0 Å². The van der Waals surface area contributed by atoms with Crippen LogP contribution < -0.4 is 0 Å². The van der Waals surface area contributed by atoms with E-state index in [4.69, 9.17) is 4.84 Å². The molecule has 0 spiro atoms. The van der Waals surface area contributed by atoms with E-state index >= 15 is 0 Å². The van der Waals surface area contributed by atoms with Gasteiger partial charge in [-0.25, -0.2) is 0 Å². The smallest absolute Gasteiger partial charge is 0.0639 e. The number of hydrogen-bond acceptors (Lipinski definition) is 2. The molecule has 0 N–H and O–H groups in total. The third-order valence-electron chi connectivity index (χ3n) is 1.14. The average molecular weight is 143 g/mol. The molecule has 0 saturated carbocycles. The van der Waals surface area contributed by atoms with E-state index < -0.39 is 0 Å². The Kier molecular flexibility index (Phi) is 3.43. The van der Waals surface area contributed by atoms with Gasteiger partial charge in [0.05, 0.1) is 12.6 Å². The van der Waals surface area contributed by atoms with E-state index in [0.29, 0.717) is 0 Å². The first-order valence-electron chi connectivity index (χ1n) is 3.48. The molecule has 2 nitrogen and oxygen atoms in total. The summed E-state index contributed by atoms with van der Waals surface area (Å²) in [6.45, 7) is 8.25. The van der Waals surface area contributed by atoms with Crippen molar-refractivity contribution in [2.24, 2.45) is 0 Å². The maximum Gasteiger partial charge on any atom is 0.0639 e. The first-order chi connectivity index (χ1) is 4.52. The Bertz CT molecular complexity index is 113. The van der Waals surface area contributed by atoms with Gasteiger partial charge in [-0.1, -0.05) is 6.08 Å². The van der Waals surface area contributed by atoms with Gasteiger partial charge in [-0.05, 0) is 27.7 Å². The topological polar surface area (TPSA) is 12.5 Å². The van der Waals surface area contributed by atoms with E-state index in [0.717, 1.165) is 0 Å². The fourth-order valence-corrected chi connectivity index (χ4v) is 0.694. The van der Waals surface area contributed by atoms with Crippen LogP contribution in [-0.4, -0.2) is 17.7 Å².